The van der Waals surface area contributed by atoms with E-state index in [0.717, 1.165) is 25.7 Å². The zero-order valence-corrected chi connectivity index (χ0v) is 11.0. The smallest absolute Gasteiger partial charge is 0.207 e. The molecule has 0 aliphatic carbocycles. The summed E-state index contributed by atoms with van der Waals surface area (Å²) in [5, 5.41) is 8.71. The van der Waals surface area contributed by atoms with E-state index in [1.54, 1.807) is 16.4 Å². The van der Waals surface area contributed by atoms with Crippen LogP contribution in [-0.4, -0.2) is 25.8 Å². The molecule has 0 saturated carbocycles. The van der Waals surface area contributed by atoms with Crippen molar-refractivity contribution in [1.82, 2.24) is 4.31 Å². The van der Waals surface area contributed by atoms with Gasteiger partial charge in [0.15, 0.2) is 0 Å². The molecule has 1 aliphatic heterocycles. The van der Waals surface area contributed by atoms with Gasteiger partial charge >= 0.3 is 0 Å². The van der Waals surface area contributed by atoms with Crippen molar-refractivity contribution in [3.05, 3.63) is 29.8 Å². The summed E-state index contributed by atoms with van der Waals surface area (Å²) in [6, 6.07) is 8.10. The summed E-state index contributed by atoms with van der Waals surface area (Å²) < 4.78 is 26.3. The zero-order chi connectivity index (χ0) is 13.0. The van der Waals surface area contributed by atoms with Gasteiger partial charge in [0.1, 0.15) is 0 Å². The number of hydrogen-bond acceptors (Lipinski definition) is 3. The number of rotatable bonds is 2. The minimum Gasteiger partial charge on any atom is -0.207 e. The number of sulfonamides is 1. The van der Waals surface area contributed by atoms with Crippen molar-refractivity contribution in [3.63, 3.8) is 0 Å². The van der Waals surface area contributed by atoms with Gasteiger partial charge in [-0.1, -0.05) is 12.8 Å². The van der Waals surface area contributed by atoms with Crippen LogP contribution in [0.15, 0.2) is 29.2 Å². The monoisotopic (exact) mass is 264 g/mol. The SMILES string of the molecule is N#Cc1ccc(S(=O)(=O)N2CCCCCC2)cc1. The molecule has 96 valence electrons. The van der Waals surface area contributed by atoms with Crippen LogP contribution in [0, 0.1) is 11.3 Å². The number of nitrogens with zero attached hydrogens (tertiary/aromatic N) is 2. The Kier molecular flexibility index (Phi) is 4.00. The average Bonchev–Trinajstić information content (AvgIpc) is 2.68. The summed E-state index contributed by atoms with van der Waals surface area (Å²) in [5.74, 6) is 0. The normalized spacial score (nSPS) is 17.9. The Balaban J connectivity index is 2.26. The van der Waals surface area contributed by atoms with E-state index in [1.165, 1.54) is 12.1 Å². The molecule has 0 bridgehead atoms. The lowest BCUT2D eigenvalue weighted by molar-refractivity contribution is 0.424. The Morgan fingerprint density at radius 2 is 1.56 bits per heavy atom. The quantitative estimate of drug-likeness (QED) is 0.822. The Hall–Kier alpha value is -1.38. The van der Waals surface area contributed by atoms with E-state index in [9.17, 15) is 8.42 Å². The van der Waals surface area contributed by atoms with Gasteiger partial charge in [-0.15, -0.1) is 0 Å². The molecule has 1 saturated heterocycles. The van der Waals surface area contributed by atoms with E-state index in [4.69, 9.17) is 5.26 Å². The molecule has 0 spiro atoms. The Labute approximate surface area is 108 Å². The second kappa shape index (κ2) is 5.51. The van der Waals surface area contributed by atoms with Crippen molar-refractivity contribution >= 4 is 10.0 Å². The molecule has 0 radical (unpaired) electrons. The second-order valence-electron chi connectivity index (χ2n) is 4.45. The highest BCUT2D eigenvalue weighted by atomic mass is 32.2. The van der Waals surface area contributed by atoms with Gasteiger partial charge in [-0.3, -0.25) is 0 Å². The van der Waals surface area contributed by atoms with Gasteiger partial charge in [0.2, 0.25) is 10.0 Å². The third-order valence-corrected chi connectivity index (χ3v) is 5.10. The Morgan fingerprint density at radius 1 is 1.00 bits per heavy atom. The predicted octanol–water partition coefficient (Wildman–Crippen LogP) is 2.12. The lowest BCUT2D eigenvalue weighted by atomic mass is 10.2. The highest BCUT2D eigenvalue weighted by Crippen LogP contribution is 2.20. The van der Waals surface area contributed by atoms with Crippen LogP contribution in [0.5, 0.6) is 0 Å². The van der Waals surface area contributed by atoms with Gasteiger partial charge in [0.05, 0.1) is 16.5 Å². The molecule has 0 aromatic heterocycles. The fourth-order valence-corrected chi connectivity index (χ4v) is 3.65. The van der Waals surface area contributed by atoms with Gasteiger partial charge in [0, 0.05) is 13.1 Å². The molecule has 1 aromatic carbocycles. The fourth-order valence-electron chi connectivity index (χ4n) is 2.13. The summed E-state index contributed by atoms with van der Waals surface area (Å²) in [7, 11) is -3.39. The van der Waals surface area contributed by atoms with Gasteiger partial charge in [-0.25, -0.2) is 8.42 Å². The lowest BCUT2D eigenvalue weighted by Crippen LogP contribution is -2.31. The summed E-state index contributed by atoms with van der Waals surface area (Å²) >= 11 is 0. The summed E-state index contributed by atoms with van der Waals surface area (Å²) in [4.78, 5) is 0.281. The van der Waals surface area contributed by atoms with E-state index >= 15 is 0 Å². The van der Waals surface area contributed by atoms with Crippen LogP contribution >= 0.6 is 0 Å². The maximum atomic E-state index is 12.4. The molecule has 2 rings (SSSR count). The first-order chi connectivity index (χ1) is 8.64. The first-order valence-electron chi connectivity index (χ1n) is 6.15. The summed E-state index contributed by atoms with van der Waals surface area (Å²) in [5.41, 5.74) is 0.477. The van der Waals surface area contributed by atoms with Crippen molar-refractivity contribution in [2.45, 2.75) is 30.6 Å². The molecule has 1 heterocycles. The van der Waals surface area contributed by atoms with Gasteiger partial charge < -0.3 is 0 Å². The predicted molar refractivity (Wildman–Crippen MR) is 68.4 cm³/mol. The first kappa shape index (κ1) is 13.1. The maximum Gasteiger partial charge on any atom is 0.243 e. The van der Waals surface area contributed by atoms with Crippen molar-refractivity contribution < 1.29 is 8.42 Å². The molecule has 0 N–H and O–H groups in total. The average molecular weight is 264 g/mol. The molecule has 0 amide bonds. The maximum absolute atomic E-state index is 12.4. The molecular formula is C13H16N2O2S. The molecule has 1 aliphatic rings. The van der Waals surface area contributed by atoms with E-state index in [0.29, 0.717) is 18.7 Å². The lowest BCUT2D eigenvalue weighted by Gasteiger charge is -2.19. The standard InChI is InChI=1S/C13H16N2O2S/c14-11-12-5-7-13(8-6-12)18(16,17)15-9-3-1-2-4-10-15/h5-8H,1-4,9-10H2. The van der Waals surface area contributed by atoms with Gasteiger partial charge in [-0.05, 0) is 37.1 Å². The minimum absolute atomic E-state index is 0.281. The Morgan fingerprint density at radius 3 is 2.06 bits per heavy atom. The number of benzene rings is 1. The second-order valence-corrected chi connectivity index (χ2v) is 6.39. The van der Waals surface area contributed by atoms with Crippen LogP contribution in [0.1, 0.15) is 31.2 Å². The van der Waals surface area contributed by atoms with Crippen LogP contribution in [0.3, 0.4) is 0 Å². The molecule has 0 unspecified atom stereocenters. The van der Waals surface area contributed by atoms with Crippen LogP contribution < -0.4 is 0 Å². The zero-order valence-electron chi connectivity index (χ0n) is 10.2. The van der Waals surface area contributed by atoms with Crippen LogP contribution in [0.2, 0.25) is 0 Å². The minimum atomic E-state index is -3.39. The number of hydrogen-bond donors (Lipinski definition) is 0. The number of nitriles is 1. The van der Waals surface area contributed by atoms with Crippen LogP contribution in [-0.2, 0) is 10.0 Å². The molecule has 18 heavy (non-hydrogen) atoms. The molecular weight excluding hydrogens is 248 g/mol. The molecule has 0 atom stereocenters. The van der Waals surface area contributed by atoms with E-state index < -0.39 is 10.0 Å². The largest absolute Gasteiger partial charge is 0.243 e. The van der Waals surface area contributed by atoms with Crippen molar-refractivity contribution in [3.8, 4) is 6.07 Å². The summed E-state index contributed by atoms with van der Waals surface area (Å²) in [6.07, 6.45) is 4.05. The molecule has 1 aromatic rings. The van der Waals surface area contributed by atoms with E-state index in [2.05, 4.69) is 0 Å². The van der Waals surface area contributed by atoms with Gasteiger partial charge in [0.25, 0.3) is 0 Å². The van der Waals surface area contributed by atoms with Crippen molar-refractivity contribution in [1.29, 1.82) is 5.26 Å². The van der Waals surface area contributed by atoms with Crippen LogP contribution in [0.4, 0.5) is 0 Å². The Bertz CT molecular complexity index is 535. The molecule has 4 nitrogen and oxygen atoms in total. The first-order valence-corrected chi connectivity index (χ1v) is 7.59. The van der Waals surface area contributed by atoms with Crippen molar-refractivity contribution in [2.24, 2.45) is 0 Å². The summed E-state index contributed by atoms with van der Waals surface area (Å²) in [6.45, 7) is 1.20. The molecule has 1 fully saturated rings. The van der Waals surface area contributed by atoms with E-state index in [1.807, 2.05) is 6.07 Å². The highest BCUT2D eigenvalue weighted by molar-refractivity contribution is 7.89. The third-order valence-electron chi connectivity index (χ3n) is 3.19. The van der Waals surface area contributed by atoms with E-state index in [-0.39, 0.29) is 4.90 Å². The molecule has 5 heteroatoms. The fraction of sp³-hybridized carbons (Fsp3) is 0.462. The highest BCUT2D eigenvalue weighted by Gasteiger charge is 2.24. The topological polar surface area (TPSA) is 61.2 Å². The van der Waals surface area contributed by atoms with Gasteiger partial charge in [-0.2, -0.15) is 9.57 Å². The van der Waals surface area contributed by atoms with Crippen LogP contribution in [0.25, 0.3) is 0 Å². The van der Waals surface area contributed by atoms with Crippen molar-refractivity contribution in [2.75, 3.05) is 13.1 Å². The third kappa shape index (κ3) is 2.71.